The molecule has 0 aromatic rings. The van der Waals surface area contributed by atoms with Gasteiger partial charge in [-0.15, -0.1) is 0 Å². The lowest BCUT2D eigenvalue weighted by atomic mass is 9.93. The summed E-state index contributed by atoms with van der Waals surface area (Å²) in [6.45, 7) is 1.17. The fourth-order valence-electron chi connectivity index (χ4n) is 2.64. The standard InChI is InChI=1S/C12H20N2O3S/c1-18(16,17)13-11-7-8-14(9-11)12(15)10-5-3-2-4-6-10/h2-3,10-11,13H,4-9H2,1H3/t10-,11-/m1/s1. The molecule has 1 N–H and O–H groups in total. The summed E-state index contributed by atoms with van der Waals surface area (Å²) < 4.78 is 24.9. The van der Waals surface area contributed by atoms with E-state index in [0.717, 1.165) is 25.5 Å². The normalized spacial score (nSPS) is 28.6. The van der Waals surface area contributed by atoms with E-state index in [1.165, 1.54) is 0 Å². The van der Waals surface area contributed by atoms with Gasteiger partial charge in [-0.3, -0.25) is 4.79 Å². The molecule has 2 aliphatic rings. The van der Waals surface area contributed by atoms with Crippen molar-refractivity contribution in [1.29, 1.82) is 0 Å². The topological polar surface area (TPSA) is 66.5 Å². The summed E-state index contributed by atoms with van der Waals surface area (Å²) in [5.41, 5.74) is 0. The Bertz CT molecular complexity index is 444. The second-order valence-corrected chi connectivity index (χ2v) is 6.92. The monoisotopic (exact) mass is 272 g/mol. The first-order valence-electron chi connectivity index (χ1n) is 6.37. The quantitative estimate of drug-likeness (QED) is 0.761. The van der Waals surface area contributed by atoms with E-state index in [9.17, 15) is 13.2 Å². The summed E-state index contributed by atoms with van der Waals surface area (Å²) in [5.74, 6) is 0.268. The summed E-state index contributed by atoms with van der Waals surface area (Å²) in [6, 6.07) is -0.122. The first-order valence-corrected chi connectivity index (χ1v) is 8.26. The van der Waals surface area contributed by atoms with Crippen LogP contribution in [-0.2, 0) is 14.8 Å². The van der Waals surface area contributed by atoms with E-state index < -0.39 is 10.0 Å². The second-order valence-electron chi connectivity index (χ2n) is 5.14. The lowest BCUT2D eigenvalue weighted by Gasteiger charge is -2.24. The highest BCUT2D eigenvalue weighted by molar-refractivity contribution is 7.88. The third kappa shape index (κ3) is 3.55. The molecule has 1 saturated heterocycles. The maximum Gasteiger partial charge on any atom is 0.226 e. The Labute approximate surface area is 108 Å². The molecule has 2 rings (SSSR count). The Hall–Kier alpha value is -0.880. The SMILES string of the molecule is CS(=O)(=O)N[C@@H]1CCN(C(=O)[C@@H]2CC=CCC2)C1. The number of nitrogens with zero attached hydrogens (tertiary/aromatic N) is 1. The molecule has 0 aromatic heterocycles. The van der Waals surface area contributed by atoms with Gasteiger partial charge in [0.2, 0.25) is 15.9 Å². The Morgan fingerprint density at radius 2 is 2.11 bits per heavy atom. The number of hydrogen-bond donors (Lipinski definition) is 1. The van der Waals surface area contributed by atoms with Gasteiger partial charge in [-0.25, -0.2) is 13.1 Å². The van der Waals surface area contributed by atoms with Gasteiger partial charge in [-0.05, 0) is 25.7 Å². The van der Waals surface area contributed by atoms with Crippen LogP contribution in [0.2, 0.25) is 0 Å². The van der Waals surface area contributed by atoms with Gasteiger partial charge >= 0.3 is 0 Å². The van der Waals surface area contributed by atoms with E-state index in [0.29, 0.717) is 19.5 Å². The van der Waals surface area contributed by atoms with Crippen LogP contribution in [0.5, 0.6) is 0 Å². The summed E-state index contributed by atoms with van der Waals surface area (Å²) in [4.78, 5) is 14.0. The Balaban J connectivity index is 1.88. The molecule has 0 aromatic carbocycles. The van der Waals surface area contributed by atoms with Gasteiger partial charge in [0.05, 0.1) is 6.26 Å². The minimum absolute atomic E-state index is 0.0898. The molecule has 0 unspecified atom stereocenters. The van der Waals surface area contributed by atoms with Gasteiger partial charge in [0.15, 0.2) is 0 Å². The van der Waals surface area contributed by atoms with E-state index in [1.54, 1.807) is 4.90 Å². The van der Waals surface area contributed by atoms with Crippen molar-refractivity contribution in [3.05, 3.63) is 12.2 Å². The highest BCUT2D eigenvalue weighted by atomic mass is 32.2. The molecular formula is C12H20N2O3S. The molecule has 5 nitrogen and oxygen atoms in total. The largest absolute Gasteiger partial charge is 0.341 e. The van der Waals surface area contributed by atoms with Crippen LogP contribution in [0.4, 0.5) is 0 Å². The molecule has 18 heavy (non-hydrogen) atoms. The third-order valence-electron chi connectivity index (χ3n) is 3.50. The minimum atomic E-state index is -3.18. The van der Waals surface area contributed by atoms with E-state index in [1.807, 2.05) is 0 Å². The van der Waals surface area contributed by atoms with Gasteiger partial charge in [-0.1, -0.05) is 12.2 Å². The molecule has 102 valence electrons. The van der Waals surface area contributed by atoms with Gasteiger partial charge in [0.25, 0.3) is 0 Å². The molecule has 0 spiro atoms. The third-order valence-corrected chi connectivity index (χ3v) is 4.26. The lowest BCUT2D eigenvalue weighted by Crippen LogP contribution is -2.39. The van der Waals surface area contributed by atoms with Gasteiger partial charge in [0, 0.05) is 25.0 Å². The fraction of sp³-hybridized carbons (Fsp3) is 0.750. The highest BCUT2D eigenvalue weighted by Crippen LogP contribution is 2.22. The van der Waals surface area contributed by atoms with Crippen molar-refractivity contribution < 1.29 is 13.2 Å². The smallest absolute Gasteiger partial charge is 0.226 e. The van der Waals surface area contributed by atoms with Gasteiger partial charge in [-0.2, -0.15) is 0 Å². The Morgan fingerprint density at radius 1 is 1.33 bits per heavy atom. The first-order chi connectivity index (χ1) is 8.46. The number of carbonyl (C=O) groups is 1. The number of rotatable bonds is 3. The molecule has 1 aliphatic carbocycles. The average Bonchev–Trinajstić information content (AvgIpc) is 2.75. The van der Waals surface area contributed by atoms with Crippen LogP contribution in [-0.4, -0.2) is 44.6 Å². The number of hydrogen-bond acceptors (Lipinski definition) is 3. The van der Waals surface area contributed by atoms with Crippen molar-refractivity contribution >= 4 is 15.9 Å². The van der Waals surface area contributed by atoms with Crippen LogP contribution in [0.25, 0.3) is 0 Å². The number of carbonyl (C=O) groups excluding carboxylic acids is 1. The van der Waals surface area contributed by atoms with E-state index in [4.69, 9.17) is 0 Å². The minimum Gasteiger partial charge on any atom is -0.341 e. The zero-order valence-corrected chi connectivity index (χ0v) is 11.4. The van der Waals surface area contributed by atoms with E-state index in [2.05, 4.69) is 16.9 Å². The second kappa shape index (κ2) is 5.40. The number of nitrogens with one attached hydrogen (secondary N) is 1. The van der Waals surface area contributed by atoms with Crippen molar-refractivity contribution in [2.45, 2.75) is 31.7 Å². The van der Waals surface area contributed by atoms with Crippen molar-refractivity contribution in [2.24, 2.45) is 5.92 Å². The van der Waals surface area contributed by atoms with Crippen LogP contribution in [0.1, 0.15) is 25.7 Å². The molecule has 0 saturated carbocycles. The van der Waals surface area contributed by atoms with Crippen molar-refractivity contribution in [2.75, 3.05) is 19.3 Å². The van der Waals surface area contributed by atoms with Gasteiger partial charge < -0.3 is 4.90 Å². The van der Waals surface area contributed by atoms with E-state index in [-0.39, 0.29) is 17.9 Å². The molecule has 6 heteroatoms. The summed E-state index contributed by atoms with van der Waals surface area (Å²) >= 11 is 0. The van der Waals surface area contributed by atoms with Crippen LogP contribution < -0.4 is 4.72 Å². The van der Waals surface area contributed by atoms with Crippen molar-refractivity contribution in [3.8, 4) is 0 Å². The summed E-state index contributed by atoms with van der Waals surface area (Å²) in [5, 5.41) is 0. The van der Waals surface area contributed by atoms with Crippen LogP contribution in [0, 0.1) is 5.92 Å². The van der Waals surface area contributed by atoms with Crippen LogP contribution in [0.15, 0.2) is 12.2 Å². The molecule has 1 heterocycles. The maximum absolute atomic E-state index is 12.2. The molecule has 1 aliphatic heterocycles. The van der Waals surface area contributed by atoms with E-state index >= 15 is 0 Å². The number of likely N-dealkylation sites (tertiary alicyclic amines) is 1. The molecule has 1 amide bonds. The first kappa shape index (κ1) is 13.5. The van der Waals surface area contributed by atoms with Crippen LogP contribution >= 0.6 is 0 Å². The van der Waals surface area contributed by atoms with Crippen LogP contribution in [0.3, 0.4) is 0 Å². The predicted octanol–water partition coefficient (Wildman–Crippen LogP) is 0.493. The maximum atomic E-state index is 12.2. The molecular weight excluding hydrogens is 252 g/mol. The zero-order valence-electron chi connectivity index (χ0n) is 10.6. The van der Waals surface area contributed by atoms with Crippen molar-refractivity contribution in [1.82, 2.24) is 9.62 Å². The Morgan fingerprint density at radius 3 is 2.72 bits per heavy atom. The molecule has 2 atom stereocenters. The molecule has 1 fully saturated rings. The number of allylic oxidation sites excluding steroid dienone is 2. The summed E-state index contributed by atoms with van der Waals surface area (Å²) in [6.07, 6.45) is 8.74. The van der Waals surface area contributed by atoms with Gasteiger partial charge in [0.1, 0.15) is 0 Å². The Kier molecular flexibility index (Phi) is 4.07. The summed E-state index contributed by atoms with van der Waals surface area (Å²) in [7, 11) is -3.18. The fourth-order valence-corrected chi connectivity index (χ4v) is 3.43. The molecule has 0 radical (unpaired) electrons. The average molecular weight is 272 g/mol. The lowest BCUT2D eigenvalue weighted by molar-refractivity contribution is -0.134. The molecule has 0 bridgehead atoms. The van der Waals surface area contributed by atoms with Crippen molar-refractivity contribution in [3.63, 3.8) is 0 Å². The highest BCUT2D eigenvalue weighted by Gasteiger charge is 2.31. The number of sulfonamides is 1. The zero-order chi connectivity index (χ0) is 13.2. The number of amides is 1. The predicted molar refractivity (Wildman–Crippen MR) is 69.4 cm³/mol.